The Morgan fingerprint density at radius 2 is 1.73 bits per heavy atom. The molecule has 0 radical (unpaired) electrons. The molecular formula is C26H32N2O5. The Bertz CT molecular complexity index is 1020. The van der Waals surface area contributed by atoms with E-state index in [1.165, 1.54) is 4.90 Å². The molecule has 0 bridgehead atoms. The first-order valence-electron chi connectivity index (χ1n) is 11.1. The molecule has 0 unspecified atom stereocenters. The molecule has 3 rings (SSSR count). The highest BCUT2D eigenvalue weighted by molar-refractivity contribution is 5.99. The summed E-state index contributed by atoms with van der Waals surface area (Å²) in [7, 11) is 4.81. The van der Waals surface area contributed by atoms with E-state index in [4.69, 9.17) is 14.2 Å². The number of rotatable bonds is 3. The lowest BCUT2D eigenvalue weighted by Gasteiger charge is -2.28. The van der Waals surface area contributed by atoms with Gasteiger partial charge >= 0.3 is 0 Å². The number of amides is 2. The molecule has 1 aliphatic rings. The van der Waals surface area contributed by atoms with Crippen LogP contribution in [0.2, 0.25) is 0 Å². The van der Waals surface area contributed by atoms with Gasteiger partial charge in [-0.1, -0.05) is 24.3 Å². The highest BCUT2D eigenvalue weighted by Crippen LogP contribution is 2.32. The van der Waals surface area contributed by atoms with Gasteiger partial charge in [-0.05, 0) is 44.5 Å². The number of hydrogen-bond donors (Lipinski definition) is 1. The van der Waals surface area contributed by atoms with Gasteiger partial charge in [-0.2, -0.15) is 0 Å². The average molecular weight is 453 g/mol. The zero-order valence-corrected chi connectivity index (χ0v) is 19.8. The first kappa shape index (κ1) is 24.2. The van der Waals surface area contributed by atoms with Crippen LogP contribution in [-0.2, 0) is 4.79 Å². The monoisotopic (exact) mass is 452 g/mol. The van der Waals surface area contributed by atoms with E-state index in [2.05, 4.69) is 5.32 Å². The summed E-state index contributed by atoms with van der Waals surface area (Å²) >= 11 is 0. The van der Waals surface area contributed by atoms with Crippen molar-refractivity contribution in [3.63, 3.8) is 0 Å². The van der Waals surface area contributed by atoms with E-state index in [1.807, 2.05) is 37.3 Å². The minimum Gasteiger partial charge on any atom is -0.497 e. The quantitative estimate of drug-likeness (QED) is 0.709. The summed E-state index contributed by atoms with van der Waals surface area (Å²) in [5.74, 6) is 1.27. The minimum absolute atomic E-state index is 0.121. The number of para-hydroxylation sites is 1. The Balaban J connectivity index is 1.96. The number of nitrogens with zero attached hydrogens (tertiary/aromatic N) is 1. The van der Waals surface area contributed by atoms with Crippen molar-refractivity contribution in [1.82, 2.24) is 10.2 Å². The number of nitrogens with one attached hydrogen (secondary N) is 1. The summed E-state index contributed by atoms with van der Waals surface area (Å²) in [6.45, 7) is 3.68. The zero-order valence-electron chi connectivity index (χ0n) is 19.8. The van der Waals surface area contributed by atoms with Crippen molar-refractivity contribution in [1.29, 1.82) is 0 Å². The van der Waals surface area contributed by atoms with Gasteiger partial charge in [0.15, 0.2) is 0 Å². The average Bonchev–Trinajstić information content (AvgIpc) is 2.83. The van der Waals surface area contributed by atoms with Crippen molar-refractivity contribution in [2.75, 3.05) is 21.3 Å². The number of benzene rings is 2. The van der Waals surface area contributed by atoms with Crippen LogP contribution in [0.3, 0.4) is 0 Å². The molecule has 0 spiro atoms. The summed E-state index contributed by atoms with van der Waals surface area (Å²) in [5.41, 5.74) is 1.26. The number of likely N-dealkylation sites (N-methyl/N-ethyl adjacent to an activating group) is 1. The van der Waals surface area contributed by atoms with Gasteiger partial charge < -0.3 is 24.4 Å². The highest BCUT2D eigenvalue weighted by atomic mass is 16.5. The third kappa shape index (κ3) is 5.66. The van der Waals surface area contributed by atoms with Crippen LogP contribution in [0.15, 0.2) is 54.6 Å². The number of hydrogen-bond acceptors (Lipinski definition) is 5. The molecule has 0 aromatic heterocycles. The Labute approximate surface area is 195 Å². The second-order valence-electron chi connectivity index (χ2n) is 8.13. The fourth-order valence-electron chi connectivity index (χ4n) is 3.74. The topological polar surface area (TPSA) is 77.1 Å². The Morgan fingerprint density at radius 1 is 1.00 bits per heavy atom. The van der Waals surface area contributed by atoms with Gasteiger partial charge in [0, 0.05) is 25.1 Å². The first-order valence-corrected chi connectivity index (χ1v) is 11.1. The maximum atomic E-state index is 13.2. The largest absolute Gasteiger partial charge is 0.497 e. The van der Waals surface area contributed by atoms with Crippen LogP contribution in [0.4, 0.5) is 0 Å². The van der Waals surface area contributed by atoms with E-state index in [-0.39, 0.29) is 24.0 Å². The molecule has 2 aromatic rings. The summed E-state index contributed by atoms with van der Waals surface area (Å²) in [6, 6.07) is 11.6. The van der Waals surface area contributed by atoms with Gasteiger partial charge in [0.05, 0.1) is 31.9 Å². The van der Waals surface area contributed by atoms with Gasteiger partial charge in [0.25, 0.3) is 5.91 Å². The second-order valence-corrected chi connectivity index (χ2v) is 8.13. The number of methoxy groups -OCH3 is 2. The predicted molar refractivity (Wildman–Crippen MR) is 127 cm³/mol. The van der Waals surface area contributed by atoms with Crippen LogP contribution in [0, 0.1) is 0 Å². The first-order chi connectivity index (χ1) is 15.8. The molecule has 7 nitrogen and oxygen atoms in total. The van der Waals surface area contributed by atoms with E-state index >= 15 is 0 Å². The van der Waals surface area contributed by atoms with Crippen molar-refractivity contribution in [2.24, 2.45) is 0 Å². The maximum absolute atomic E-state index is 13.2. The molecule has 7 heteroatoms. The Kier molecular flexibility index (Phi) is 7.98. The number of carbonyl (C=O) groups is 2. The molecule has 33 heavy (non-hydrogen) atoms. The van der Waals surface area contributed by atoms with Gasteiger partial charge in [-0.25, -0.2) is 0 Å². The summed E-state index contributed by atoms with van der Waals surface area (Å²) in [6.07, 6.45) is 5.17. The summed E-state index contributed by atoms with van der Waals surface area (Å²) in [5, 5.41) is 3.10. The summed E-state index contributed by atoms with van der Waals surface area (Å²) in [4.78, 5) is 27.8. The number of ether oxygens (including phenoxy) is 3. The Morgan fingerprint density at radius 3 is 2.45 bits per heavy atom. The minimum atomic E-state index is -0.693. The molecule has 0 fully saturated rings. The van der Waals surface area contributed by atoms with E-state index in [0.717, 1.165) is 5.56 Å². The second kappa shape index (κ2) is 10.9. The molecule has 0 saturated heterocycles. The molecule has 0 saturated carbocycles. The third-order valence-electron chi connectivity index (χ3n) is 5.87. The maximum Gasteiger partial charge on any atom is 0.258 e. The molecular weight excluding hydrogens is 420 g/mol. The molecule has 1 N–H and O–H groups in total. The zero-order chi connectivity index (χ0) is 24.0. The number of carbonyl (C=O) groups excluding carboxylic acids is 2. The number of fused-ring (bicyclic) bond motifs is 1. The molecule has 3 atom stereocenters. The standard InChI is InChI=1S/C26H32N2O5/c1-17-10-6-8-12-22(20-15-14-19(31-4)16-24(20)32-5)27-25(29)18(2)28(3)26(30)21-11-7-9-13-23(21)33-17/h6-9,11,13-18,22H,10,12H2,1-5H3,(H,27,29)/b8-6+/t17-,18-,22+/m0/s1. The summed E-state index contributed by atoms with van der Waals surface area (Å²) < 4.78 is 16.9. The van der Waals surface area contributed by atoms with Crippen LogP contribution < -0.4 is 19.5 Å². The fraction of sp³-hybridized carbons (Fsp3) is 0.385. The van der Waals surface area contributed by atoms with Crippen LogP contribution in [-0.4, -0.2) is 50.1 Å². The van der Waals surface area contributed by atoms with Crippen molar-refractivity contribution in [3.8, 4) is 17.2 Å². The lowest BCUT2D eigenvalue weighted by atomic mass is 10.0. The van der Waals surface area contributed by atoms with Crippen LogP contribution in [0.25, 0.3) is 0 Å². The van der Waals surface area contributed by atoms with E-state index in [1.54, 1.807) is 52.5 Å². The lowest BCUT2D eigenvalue weighted by Crippen LogP contribution is -2.47. The SMILES string of the molecule is COc1ccc([C@H]2C/C=C/C[C@H](C)Oc3ccccc3C(=O)N(C)[C@@H](C)C(=O)N2)c(OC)c1. The van der Waals surface area contributed by atoms with Crippen molar-refractivity contribution in [2.45, 2.75) is 44.9 Å². The van der Waals surface area contributed by atoms with E-state index < -0.39 is 6.04 Å². The normalized spacial score (nSPS) is 22.9. The van der Waals surface area contributed by atoms with E-state index in [0.29, 0.717) is 35.7 Å². The van der Waals surface area contributed by atoms with Gasteiger partial charge in [-0.15, -0.1) is 0 Å². The van der Waals surface area contributed by atoms with Crippen LogP contribution in [0.5, 0.6) is 17.2 Å². The van der Waals surface area contributed by atoms with Crippen molar-refractivity contribution in [3.05, 3.63) is 65.7 Å². The van der Waals surface area contributed by atoms with Crippen LogP contribution in [0.1, 0.15) is 48.7 Å². The highest BCUT2D eigenvalue weighted by Gasteiger charge is 2.28. The fourth-order valence-corrected chi connectivity index (χ4v) is 3.74. The predicted octanol–water partition coefficient (Wildman–Crippen LogP) is 4.14. The lowest BCUT2D eigenvalue weighted by molar-refractivity contribution is -0.125. The van der Waals surface area contributed by atoms with Crippen LogP contribution >= 0.6 is 0 Å². The van der Waals surface area contributed by atoms with E-state index in [9.17, 15) is 9.59 Å². The molecule has 0 aliphatic carbocycles. The molecule has 1 aliphatic heterocycles. The third-order valence-corrected chi connectivity index (χ3v) is 5.87. The van der Waals surface area contributed by atoms with Crippen molar-refractivity contribution < 1.29 is 23.8 Å². The van der Waals surface area contributed by atoms with Gasteiger partial charge in [0.2, 0.25) is 5.91 Å². The Hall–Kier alpha value is -3.48. The van der Waals surface area contributed by atoms with Gasteiger partial charge in [-0.3, -0.25) is 9.59 Å². The molecule has 1 heterocycles. The van der Waals surface area contributed by atoms with Crippen molar-refractivity contribution >= 4 is 11.8 Å². The molecule has 2 amide bonds. The smallest absolute Gasteiger partial charge is 0.258 e. The molecule has 2 aromatic carbocycles. The van der Waals surface area contributed by atoms with Gasteiger partial charge in [0.1, 0.15) is 23.3 Å². The molecule has 176 valence electrons.